The Bertz CT molecular complexity index is 1400. The van der Waals surface area contributed by atoms with E-state index in [2.05, 4.69) is 35.3 Å². The number of ether oxygens (including phenoxy) is 1. The molecule has 2 heterocycles. The van der Waals surface area contributed by atoms with Crippen LogP contribution >= 0.6 is 0 Å². The number of sulfonamides is 1. The van der Waals surface area contributed by atoms with Crippen LogP contribution in [0, 0.1) is 13.8 Å². The summed E-state index contributed by atoms with van der Waals surface area (Å²) < 4.78 is 32.6. The molecule has 34 heavy (non-hydrogen) atoms. The van der Waals surface area contributed by atoms with Crippen LogP contribution in [0.5, 0.6) is 11.5 Å². The average molecular weight is 478 g/mol. The molecule has 0 bridgehead atoms. The Balaban J connectivity index is 1.50. The van der Waals surface area contributed by atoms with Crippen LogP contribution in [0.3, 0.4) is 0 Å². The van der Waals surface area contributed by atoms with Gasteiger partial charge in [0.05, 0.1) is 17.3 Å². The maximum atomic E-state index is 12.3. The first-order valence-corrected chi connectivity index (χ1v) is 11.8. The minimum atomic E-state index is -3.58. The second-order valence-electron chi connectivity index (χ2n) is 7.36. The van der Waals surface area contributed by atoms with Crippen LogP contribution in [0.15, 0.2) is 72.3 Å². The molecule has 0 saturated carbocycles. The summed E-state index contributed by atoms with van der Waals surface area (Å²) in [7, 11) is -2.20. The van der Waals surface area contributed by atoms with Gasteiger partial charge >= 0.3 is 0 Å². The molecular formula is C23H23N7O3S. The van der Waals surface area contributed by atoms with Crippen molar-refractivity contribution in [2.24, 2.45) is 0 Å². The van der Waals surface area contributed by atoms with Gasteiger partial charge in [-0.15, -0.1) is 0 Å². The number of hydrogen-bond acceptors (Lipinski definition) is 9. The summed E-state index contributed by atoms with van der Waals surface area (Å²) in [5, 5.41) is 6.34. The number of anilines is 4. The van der Waals surface area contributed by atoms with Crippen molar-refractivity contribution in [3.05, 3.63) is 78.5 Å². The highest BCUT2D eigenvalue weighted by Gasteiger charge is 2.15. The van der Waals surface area contributed by atoms with Gasteiger partial charge in [-0.1, -0.05) is 6.07 Å². The molecule has 0 aliphatic carbocycles. The third kappa shape index (κ3) is 5.45. The third-order valence-electron chi connectivity index (χ3n) is 4.86. The molecule has 2 aromatic carbocycles. The Morgan fingerprint density at radius 2 is 1.53 bits per heavy atom. The van der Waals surface area contributed by atoms with Crippen molar-refractivity contribution in [3.63, 3.8) is 0 Å². The quantitative estimate of drug-likeness (QED) is 0.344. The standard InChI is InChI=1S/C23H23N7O3S/c1-15-4-5-18(10-21(15)34(31,32)24-3)29-23-27-11-16(2)22(30-23)28-17-6-8-19(9-7-17)33-20-12-25-14-26-13-20/h4-14,24H,1-3H3,(H2,27,28,29,30). The SMILES string of the molecule is CNS(=O)(=O)c1cc(Nc2ncc(C)c(Nc3ccc(Oc4cncnc4)cc3)n2)ccc1C. The fourth-order valence-electron chi connectivity index (χ4n) is 3.05. The van der Waals surface area contributed by atoms with Gasteiger partial charge in [0.25, 0.3) is 0 Å². The fraction of sp³-hybridized carbons (Fsp3) is 0.130. The first kappa shape index (κ1) is 23.1. The summed E-state index contributed by atoms with van der Waals surface area (Å²) in [4.78, 5) is 16.9. The van der Waals surface area contributed by atoms with Gasteiger partial charge in [-0.25, -0.2) is 28.1 Å². The van der Waals surface area contributed by atoms with Gasteiger partial charge in [-0.2, -0.15) is 4.98 Å². The van der Waals surface area contributed by atoms with Crippen molar-refractivity contribution in [3.8, 4) is 11.5 Å². The van der Waals surface area contributed by atoms with Gasteiger partial charge in [0.2, 0.25) is 16.0 Å². The number of nitrogens with zero attached hydrogens (tertiary/aromatic N) is 4. The first-order valence-electron chi connectivity index (χ1n) is 10.3. The van der Waals surface area contributed by atoms with Crippen molar-refractivity contribution in [2.45, 2.75) is 18.7 Å². The van der Waals surface area contributed by atoms with Gasteiger partial charge in [-0.05, 0) is 62.9 Å². The number of nitrogens with one attached hydrogen (secondary N) is 3. The monoisotopic (exact) mass is 477 g/mol. The molecule has 0 radical (unpaired) electrons. The molecule has 0 aliphatic heterocycles. The summed E-state index contributed by atoms with van der Waals surface area (Å²) in [6.07, 6.45) is 6.30. The lowest BCUT2D eigenvalue weighted by Gasteiger charge is -2.13. The molecule has 0 atom stereocenters. The Labute approximate surface area is 197 Å². The fourth-order valence-corrected chi connectivity index (χ4v) is 4.05. The molecule has 174 valence electrons. The zero-order chi connectivity index (χ0) is 24.1. The molecule has 0 aliphatic rings. The average Bonchev–Trinajstić information content (AvgIpc) is 2.84. The van der Waals surface area contributed by atoms with Gasteiger partial charge in [-0.3, -0.25) is 0 Å². The lowest BCUT2D eigenvalue weighted by Crippen LogP contribution is -2.19. The summed E-state index contributed by atoms with van der Waals surface area (Å²) in [5.74, 6) is 2.13. The Morgan fingerprint density at radius 1 is 0.824 bits per heavy atom. The van der Waals surface area contributed by atoms with E-state index in [1.54, 1.807) is 43.7 Å². The summed E-state index contributed by atoms with van der Waals surface area (Å²) in [5.41, 5.74) is 2.84. The maximum absolute atomic E-state index is 12.3. The van der Waals surface area contributed by atoms with Crippen LogP contribution in [-0.4, -0.2) is 35.4 Å². The highest BCUT2D eigenvalue weighted by Crippen LogP contribution is 2.26. The molecule has 3 N–H and O–H groups in total. The second-order valence-corrected chi connectivity index (χ2v) is 9.22. The van der Waals surface area contributed by atoms with Crippen molar-refractivity contribution >= 4 is 33.2 Å². The molecule has 0 unspecified atom stereocenters. The molecule has 4 rings (SSSR count). The predicted molar refractivity (Wildman–Crippen MR) is 129 cm³/mol. The van der Waals surface area contributed by atoms with Gasteiger partial charge in [0.15, 0.2) is 5.75 Å². The molecular weight excluding hydrogens is 454 g/mol. The lowest BCUT2D eigenvalue weighted by molar-refractivity contribution is 0.477. The van der Waals surface area contributed by atoms with Crippen molar-refractivity contribution in [1.29, 1.82) is 0 Å². The minimum Gasteiger partial charge on any atom is -0.454 e. The smallest absolute Gasteiger partial charge is 0.240 e. The van der Waals surface area contributed by atoms with Crippen LogP contribution in [0.25, 0.3) is 0 Å². The Kier molecular flexibility index (Phi) is 6.66. The third-order valence-corrected chi connectivity index (χ3v) is 6.42. The van der Waals surface area contributed by atoms with E-state index in [9.17, 15) is 8.42 Å². The molecule has 0 amide bonds. The van der Waals surface area contributed by atoms with Crippen LogP contribution in [0.2, 0.25) is 0 Å². The minimum absolute atomic E-state index is 0.190. The number of rotatable bonds is 8. The highest BCUT2D eigenvalue weighted by molar-refractivity contribution is 7.89. The lowest BCUT2D eigenvalue weighted by atomic mass is 10.2. The summed E-state index contributed by atoms with van der Waals surface area (Å²) >= 11 is 0. The van der Waals surface area contributed by atoms with E-state index in [0.717, 1.165) is 11.3 Å². The van der Waals surface area contributed by atoms with Gasteiger partial charge < -0.3 is 15.4 Å². The largest absolute Gasteiger partial charge is 0.454 e. The Morgan fingerprint density at radius 3 is 2.24 bits per heavy atom. The van der Waals surface area contributed by atoms with Crippen LogP contribution in [-0.2, 0) is 10.0 Å². The zero-order valence-corrected chi connectivity index (χ0v) is 19.6. The van der Waals surface area contributed by atoms with E-state index in [-0.39, 0.29) is 4.90 Å². The predicted octanol–water partition coefficient (Wildman–Crippen LogP) is 4.07. The molecule has 4 aromatic rings. The van der Waals surface area contributed by atoms with Gasteiger partial charge in [0, 0.05) is 23.1 Å². The molecule has 11 heteroatoms. The normalized spacial score (nSPS) is 11.1. The van der Waals surface area contributed by atoms with E-state index in [4.69, 9.17) is 4.74 Å². The van der Waals surface area contributed by atoms with Crippen LogP contribution in [0.4, 0.5) is 23.1 Å². The molecule has 10 nitrogen and oxygen atoms in total. The number of aromatic nitrogens is 4. The van der Waals surface area contributed by atoms with E-state index in [0.29, 0.717) is 34.5 Å². The number of aryl methyl sites for hydroxylation is 2. The highest BCUT2D eigenvalue weighted by atomic mass is 32.2. The maximum Gasteiger partial charge on any atom is 0.240 e. The number of benzene rings is 2. The zero-order valence-electron chi connectivity index (χ0n) is 18.8. The van der Waals surface area contributed by atoms with Crippen molar-refractivity contribution < 1.29 is 13.2 Å². The molecule has 2 aromatic heterocycles. The number of hydrogen-bond donors (Lipinski definition) is 3. The first-order chi connectivity index (χ1) is 16.3. The molecule has 0 saturated heterocycles. The van der Waals surface area contributed by atoms with Gasteiger partial charge in [0.1, 0.15) is 17.9 Å². The summed E-state index contributed by atoms with van der Waals surface area (Å²) in [6.45, 7) is 3.63. The molecule has 0 fully saturated rings. The van der Waals surface area contributed by atoms with E-state index in [1.165, 1.54) is 13.4 Å². The molecule has 0 spiro atoms. The van der Waals surface area contributed by atoms with E-state index in [1.807, 2.05) is 31.2 Å². The topological polar surface area (TPSA) is 131 Å². The van der Waals surface area contributed by atoms with E-state index >= 15 is 0 Å². The second kappa shape index (κ2) is 9.81. The summed E-state index contributed by atoms with van der Waals surface area (Å²) in [6, 6.07) is 12.4. The van der Waals surface area contributed by atoms with Crippen LogP contribution < -0.4 is 20.1 Å². The van der Waals surface area contributed by atoms with Crippen molar-refractivity contribution in [1.82, 2.24) is 24.7 Å². The van der Waals surface area contributed by atoms with Crippen molar-refractivity contribution in [2.75, 3.05) is 17.7 Å². The van der Waals surface area contributed by atoms with E-state index < -0.39 is 10.0 Å². The Hall–Kier alpha value is -4.09. The van der Waals surface area contributed by atoms with Crippen LogP contribution in [0.1, 0.15) is 11.1 Å².